The molecule has 2 aromatic carbocycles. The average molecular weight is 365 g/mol. The zero-order valence-electron chi connectivity index (χ0n) is 15.9. The van der Waals surface area contributed by atoms with Crippen molar-refractivity contribution in [1.82, 2.24) is 10.2 Å². The molecule has 4 rings (SSSR count). The summed E-state index contributed by atoms with van der Waals surface area (Å²) in [4.78, 5) is 0. The van der Waals surface area contributed by atoms with Gasteiger partial charge >= 0.3 is 0 Å². The molecule has 140 valence electrons. The molecular formula is C21H23N3O3. The predicted octanol–water partition coefficient (Wildman–Crippen LogP) is 4.18. The second-order valence-electron chi connectivity index (χ2n) is 6.61. The van der Waals surface area contributed by atoms with Gasteiger partial charge in [-0.15, -0.1) is 0 Å². The van der Waals surface area contributed by atoms with Gasteiger partial charge in [0.05, 0.1) is 33.1 Å². The number of nitrogens with zero attached hydrogens (tertiary/aromatic N) is 1. The second-order valence-corrected chi connectivity index (χ2v) is 6.61. The molecule has 1 unspecified atom stereocenters. The van der Waals surface area contributed by atoms with Crippen molar-refractivity contribution >= 4 is 5.82 Å². The third-order valence-corrected chi connectivity index (χ3v) is 5.06. The summed E-state index contributed by atoms with van der Waals surface area (Å²) in [7, 11) is 4.98. The van der Waals surface area contributed by atoms with E-state index in [4.69, 9.17) is 14.2 Å². The summed E-state index contributed by atoms with van der Waals surface area (Å²) in [5, 5.41) is 11.2. The van der Waals surface area contributed by atoms with Crippen LogP contribution in [0.3, 0.4) is 0 Å². The summed E-state index contributed by atoms with van der Waals surface area (Å²) in [5.74, 6) is 3.18. The molecule has 0 aliphatic heterocycles. The van der Waals surface area contributed by atoms with Gasteiger partial charge in [-0.3, -0.25) is 5.10 Å². The van der Waals surface area contributed by atoms with Crippen LogP contribution in [0.25, 0.3) is 11.3 Å². The van der Waals surface area contributed by atoms with Crippen LogP contribution in [0.2, 0.25) is 0 Å². The number of ether oxygens (including phenoxy) is 3. The highest BCUT2D eigenvalue weighted by Gasteiger charge is 2.27. The number of aromatic amines is 1. The number of nitrogens with one attached hydrogen (secondary N) is 2. The fourth-order valence-corrected chi connectivity index (χ4v) is 3.57. The number of hydrogen-bond acceptors (Lipinski definition) is 5. The highest BCUT2D eigenvalue weighted by atomic mass is 16.5. The Morgan fingerprint density at radius 2 is 1.81 bits per heavy atom. The van der Waals surface area contributed by atoms with Crippen molar-refractivity contribution in [2.75, 3.05) is 26.6 Å². The lowest BCUT2D eigenvalue weighted by atomic mass is 10.1. The van der Waals surface area contributed by atoms with E-state index < -0.39 is 0 Å². The molecule has 1 aliphatic rings. The maximum absolute atomic E-state index is 5.44. The number of H-pyrrole nitrogens is 1. The second kappa shape index (κ2) is 6.87. The first-order valence-corrected chi connectivity index (χ1v) is 8.87. The zero-order valence-corrected chi connectivity index (χ0v) is 15.9. The van der Waals surface area contributed by atoms with Crippen LogP contribution in [0, 0.1) is 0 Å². The monoisotopic (exact) mass is 365 g/mol. The Bertz CT molecular complexity index is 981. The Morgan fingerprint density at radius 1 is 1.04 bits per heavy atom. The van der Waals surface area contributed by atoms with E-state index in [1.165, 1.54) is 5.56 Å². The van der Waals surface area contributed by atoms with Gasteiger partial charge in [-0.2, -0.15) is 5.10 Å². The maximum Gasteiger partial charge on any atom is 0.161 e. The lowest BCUT2D eigenvalue weighted by Crippen LogP contribution is -2.08. The van der Waals surface area contributed by atoms with Crippen molar-refractivity contribution in [3.8, 4) is 28.5 Å². The molecule has 0 fully saturated rings. The van der Waals surface area contributed by atoms with Gasteiger partial charge in [0, 0.05) is 17.5 Å². The average Bonchev–Trinajstić information content (AvgIpc) is 3.26. The highest BCUT2D eigenvalue weighted by molar-refractivity contribution is 5.80. The van der Waals surface area contributed by atoms with E-state index in [0.717, 1.165) is 51.9 Å². The standard InChI is InChI=1S/C21H23N3O3/c1-12(13-6-5-7-15(8-13)25-2)22-21-17-9-14-10-18(26-3)19(27-4)11-16(14)20(17)23-24-21/h5-8,10-12H,9H2,1-4H3,(H2,22,23,24). The minimum Gasteiger partial charge on any atom is -0.497 e. The van der Waals surface area contributed by atoms with E-state index in [1.807, 2.05) is 30.3 Å². The molecular weight excluding hydrogens is 342 g/mol. The van der Waals surface area contributed by atoms with Crippen molar-refractivity contribution in [1.29, 1.82) is 0 Å². The number of fused-ring (bicyclic) bond motifs is 3. The van der Waals surface area contributed by atoms with Gasteiger partial charge in [0.15, 0.2) is 17.3 Å². The Kier molecular flexibility index (Phi) is 4.39. The Balaban J connectivity index is 1.62. The fourth-order valence-electron chi connectivity index (χ4n) is 3.57. The van der Waals surface area contributed by atoms with Gasteiger partial charge in [0.25, 0.3) is 0 Å². The van der Waals surface area contributed by atoms with E-state index >= 15 is 0 Å². The Morgan fingerprint density at radius 3 is 2.56 bits per heavy atom. The molecule has 1 atom stereocenters. The van der Waals surface area contributed by atoms with Crippen LogP contribution < -0.4 is 19.5 Å². The van der Waals surface area contributed by atoms with Crippen LogP contribution in [0.15, 0.2) is 36.4 Å². The zero-order chi connectivity index (χ0) is 19.0. The molecule has 6 heteroatoms. The van der Waals surface area contributed by atoms with Gasteiger partial charge in [-0.25, -0.2) is 0 Å². The van der Waals surface area contributed by atoms with E-state index in [1.54, 1.807) is 21.3 Å². The van der Waals surface area contributed by atoms with Crippen molar-refractivity contribution in [3.05, 3.63) is 53.1 Å². The summed E-state index contributed by atoms with van der Waals surface area (Å²) in [5.41, 5.74) is 5.65. The smallest absolute Gasteiger partial charge is 0.161 e. The molecule has 0 amide bonds. The van der Waals surface area contributed by atoms with Crippen LogP contribution in [0.1, 0.15) is 29.7 Å². The quantitative estimate of drug-likeness (QED) is 0.536. The van der Waals surface area contributed by atoms with Crippen molar-refractivity contribution < 1.29 is 14.2 Å². The lowest BCUT2D eigenvalue weighted by molar-refractivity contribution is 0.355. The Labute approximate surface area is 158 Å². The summed E-state index contributed by atoms with van der Waals surface area (Å²) in [6.45, 7) is 2.12. The molecule has 0 saturated heterocycles. The lowest BCUT2D eigenvalue weighted by Gasteiger charge is -2.15. The van der Waals surface area contributed by atoms with Crippen LogP contribution >= 0.6 is 0 Å². The maximum atomic E-state index is 5.44. The van der Waals surface area contributed by atoms with Crippen molar-refractivity contribution in [2.24, 2.45) is 0 Å². The summed E-state index contributed by atoms with van der Waals surface area (Å²) in [6, 6.07) is 12.2. The van der Waals surface area contributed by atoms with Crippen LogP contribution in [0.4, 0.5) is 5.82 Å². The normalized spacial score (nSPS) is 12.9. The summed E-state index contributed by atoms with van der Waals surface area (Å²) >= 11 is 0. The first-order valence-electron chi connectivity index (χ1n) is 8.87. The third kappa shape index (κ3) is 2.97. The molecule has 2 N–H and O–H groups in total. The minimum absolute atomic E-state index is 0.0975. The number of rotatable bonds is 6. The topological polar surface area (TPSA) is 68.4 Å². The molecule has 1 aliphatic carbocycles. The first-order chi connectivity index (χ1) is 13.1. The van der Waals surface area contributed by atoms with E-state index in [0.29, 0.717) is 0 Å². The third-order valence-electron chi connectivity index (χ3n) is 5.06. The number of methoxy groups -OCH3 is 3. The van der Waals surface area contributed by atoms with Crippen LogP contribution in [-0.2, 0) is 6.42 Å². The molecule has 6 nitrogen and oxygen atoms in total. The molecule has 27 heavy (non-hydrogen) atoms. The minimum atomic E-state index is 0.0975. The summed E-state index contributed by atoms with van der Waals surface area (Å²) in [6.07, 6.45) is 0.800. The van der Waals surface area contributed by atoms with E-state index in [-0.39, 0.29) is 6.04 Å². The molecule has 1 heterocycles. The Hall–Kier alpha value is -3.15. The molecule has 0 bridgehead atoms. The molecule has 3 aromatic rings. The largest absolute Gasteiger partial charge is 0.497 e. The SMILES string of the molecule is COc1cccc(C(C)Nc2n[nH]c3c2Cc2cc(OC)c(OC)cc2-3)c1. The van der Waals surface area contributed by atoms with Gasteiger partial charge in [0.2, 0.25) is 0 Å². The molecule has 0 spiro atoms. The van der Waals surface area contributed by atoms with Gasteiger partial charge < -0.3 is 19.5 Å². The van der Waals surface area contributed by atoms with E-state index in [9.17, 15) is 0 Å². The highest BCUT2D eigenvalue weighted by Crippen LogP contribution is 2.44. The number of aromatic nitrogens is 2. The van der Waals surface area contributed by atoms with Crippen molar-refractivity contribution in [2.45, 2.75) is 19.4 Å². The number of hydrogen-bond donors (Lipinski definition) is 2. The molecule has 0 saturated carbocycles. The van der Waals surface area contributed by atoms with Gasteiger partial charge in [0.1, 0.15) is 5.75 Å². The predicted molar refractivity (Wildman–Crippen MR) is 105 cm³/mol. The number of anilines is 1. The first kappa shape index (κ1) is 17.3. The van der Waals surface area contributed by atoms with Crippen LogP contribution in [0.5, 0.6) is 17.2 Å². The van der Waals surface area contributed by atoms with E-state index in [2.05, 4.69) is 28.5 Å². The van der Waals surface area contributed by atoms with Crippen molar-refractivity contribution in [3.63, 3.8) is 0 Å². The van der Waals surface area contributed by atoms with Crippen LogP contribution in [-0.4, -0.2) is 31.5 Å². The van der Waals surface area contributed by atoms with Gasteiger partial charge in [-0.05, 0) is 42.3 Å². The molecule has 0 radical (unpaired) electrons. The summed E-state index contributed by atoms with van der Waals surface area (Å²) < 4.78 is 16.2. The van der Waals surface area contributed by atoms with Gasteiger partial charge in [-0.1, -0.05) is 12.1 Å². The fraction of sp³-hybridized carbons (Fsp3) is 0.286. The molecule has 1 aromatic heterocycles. The number of benzene rings is 2.